The molecule has 2 aliphatic rings. The zero-order valence-corrected chi connectivity index (χ0v) is 10.2. The Balaban J connectivity index is 2.01. The molecule has 0 radical (unpaired) electrons. The summed E-state index contributed by atoms with van der Waals surface area (Å²) in [6.07, 6.45) is 4.06. The van der Waals surface area contributed by atoms with Crippen molar-refractivity contribution in [3.05, 3.63) is 29.3 Å². The zero-order chi connectivity index (χ0) is 11.9. The van der Waals surface area contributed by atoms with Crippen LogP contribution >= 0.6 is 0 Å². The van der Waals surface area contributed by atoms with Crippen LogP contribution in [0.25, 0.3) is 0 Å². The first-order chi connectivity index (χ1) is 8.23. The van der Waals surface area contributed by atoms with Crippen LogP contribution in [0.4, 0.5) is 0 Å². The molecule has 2 unspecified atom stereocenters. The van der Waals surface area contributed by atoms with Gasteiger partial charge in [-0.1, -0.05) is 6.07 Å². The van der Waals surface area contributed by atoms with Gasteiger partial charge in [0.15, 0.2) is 0 Å². The first-order valence-electron chi connectivity index (χ1n) is 6.30. The lowest BCUT2D eigenvalue weighted by molar-refractivity contribution is -0.0885. The van der Waals surface area contributed by atoms with Gasteiger partial charge in [0.25, 0.3) is 0 Å². The fourth-order valence-corrected chi connectivity index (χ4v) is 3.15. The van der Waals surface area contributed by atoms with Gasteiger partial charge in [0, 0.05) is 12.6 Å². The fraction of sp³-hybridized carbons (Fsp3) is 0.571. The molecule has 0 aromatic heterocycles. The molecule has 3 heteroatoms. The van der Waals surface area contributed by atoms with Gasteiger partial charge in [-0.2, -0.15) is 0 Å². The van der Waals surface area contributed by atoms with E-state index in [-0.39, 0.29) is 11.6 Å². The Morgan fingerprint density at radius 3 is 3.12 bits per heavy atom. The topological polar surface area (TPSA) is 44.5 Å². The van der Waals surface area contributed by atoms with Crippen LogP contribution in [0.15, 0.2) is 18.2 Å². The highest BCUT2D eigenvalue weighted by molar-refractivity contribution is 5.43. The molecule has 92 valence electrons. The summed E-state index contributed by atoms with van der Waals surface area (Å²) in [4.78, 5) is 0. The van der Waals surface area contributed by atoms with Gasteiger partial charge in [0.1, 0.15) is 5.75 Å². The molecule has 0 amide bonds. The maximum atomic E-state index is 6.11. The average Bonchev–Trinajstić information content (AvgIpc) is 2.68. The highest BCUT2D eigenvalue weighted by Gasteiger charge is 2.43. The summed E-state index contributed by atoms with van der Waals surface area (Å²) in [5, 5.41) is 0. The maximum Gasteiger partial charge on any atom is 0.119 e. The molecule has 0 bridgehead atoms. The Labute approximate surface area is 102 Å². The number of benzene rings is 1. The second-order valence-corrected chi connectivity index (χ2v) is 5.12. The summed E-state index contributed by atoms with van der Waals surface area (Å²) in [5.74, 6) is 0.910. The van der Waals surface area contributed by atoms with Crippen molar-refractivity contribution in [2.75, 3.05) is 13.7 Å². The molecule has 0 saturated carbocycles. The van der Waals surface area contributed by atoms with Gasteiger partial charge < -0.3 is 15.2 Å². The van der Waals surface area contributed by atoms with Gasteiger partial charge in [-0.15, -0.1) is 0 Å². The zero-order valence-electron chi connectivity index (χ0n) is 10.2. The van der Waals surface area contributed by atoms with Gasteiger partial charge >= 0.3 is 0 Å². The molecular formula is C14H19NO2. The van der Waals surface area contributed by atoms with Crippen molar-refractivity contribution in [3.8, 4) is 5.75 Å². The summed E-state index contributed by atoms with van der Waals surface area (Å²) >= 11 is 0. The number of rotatable bonds is 1. The Kier molecular flexibility index (Phi) is 2.60. The molecule has 1 heterocycles. The first-order valence-corrected chi connectivity index (χ1v) is 6.30. The number of aryl methyl sites for hydroxylation is 1. The van der Waals surface area contributed by atoms with Crippen molar-refractivity contribution >= 4 is 0 Å². The summed E-state index contributed by atoms with van der Waals surface area (Å²) in [5.41, 5.74) is 8.66. The van der Waals surface area contributed by atoms with Crippen molar-refractivity contribution in [2.45, 2.75) is 37.3 Å². The monoisotopic (exact) mass is 233 g/mol. The SMILES string of the molecule is COc1ccc2c(c1)C1(CC2)CC(N)CCO1. The van der Waals surface area contributed by atoms with E-state index in [0.29, 0.717) is 0 Å². The molecule has 2 N–H and O–H groups in total. The molecular weight excluding hydrogens is 214 g/mol. The van der Waals surface area contributed by atoms with Crippen LogP contribution in [0, 0.1) is 0 Å². The molecule has 1 aliphatic carbocycles. The van der Waals surface area contributed by atoms with Gasteiger partial charge in [0.05, 0.1) is 12.7 Å². The number of hydrogen-bond acceptors (Lipinski definition) is 3. The second-order valence-electron chi connectivity index (χ2n) is 5.12. The van der Waals surface area contributed by atoms with Gasteiger partial charge in [-0.25, -0.2) is 0 Å². The highest BCUT2D eigenvalue weighted by Crippen LogP contribution is 2.46. The molecule has 1 spiro atoms. The van der Waals surface area contributed by atoms with Crippen molar-refractivity contribution < 1.29 is 9.47 Å². The van der Waals surface area contributed by atoms with E-state index in [9.17, 15) is 0 Å². The highest BCUT2D eigenvalue weighted by atomic mass is 16.5. The van der Waals surface area contributed by atoms with Crippen LogP contribution in [-0.4, -0.2) is 19.8 Å². The van der Waals surface area contributed by atoms with Crippen LogP contribution in [0.5, 0.6) is 5.75 Å². The Bertz CT molecular complexity index is 428. The predicted octanol–water partition coefficient (Wildman–Crippen LogP) is 1.97. The van der Waals surface area contributed by atoms with E-state index in [2.05, 4.69) is 12.1 Å². The van der Waals surface area contributed by atoms with E-state index in [1.807, 2.05) is 6.07 Å². The van der Waals surface area contributed by atoms with E-state index in [1.54, 1.807) is 7.11 Å². The number of methoxy groups -OCH3 is 1. The fourth-order valence-electron chi connectivity index (χ4n) is 3.15. The molecule has 2 atom stereocenters. The number of ether oxygens (including phenoxy) is 2. The molecule has 3 nitrogen and oxygen atoms in total. The lowest BCUT2D eigenvalue weighted by Crippen LogP contribution is -2.41. The van der Waals surface area contributed by atoms with Crippen LogP contribution in [0.1, 0.15) is 30.4 Å². The van der Waals surface area contributed by atoms with E-state index in [1.165, 1.54) is 11.1 Å². The van der Waals surface area contributed by atoms with E-state index >= 15 is 0 Å². The smallest absolute Gasteiger partial charge is 0.119 e. The molecule has 3 rings (SSSR count). The minimum absolute atomic E-state index is 0.137. The van der Waals surface area contributed by atoms with Crippen molar-refractivity contribution in [3.63, 3.8) is 0 Å². The van der Waals surface area contributed by atoms with E-state index < -0.39 is 0 Å². The largest absolute Gasteiger partial charge is 0.497 e. The average molecular weight is 233 g/mol. The number of nitrogens with two attached hydrogens (primary N) is 1. The van der Waals surface area contributed by atoms with Gasteiger partial charge in [0.2, 0.25) is 0 Å². The van der Waals surface area contributed by atoms with E-state index in [0.717, 1.165) is 38.0 Å². The van der Waals surface area contributed by atoms with Crippen LogP contribution in [0.3, 0.4) is 0 Å². The third-order valence-electron chi connectivity index (χ3n) is 4.06. The molecule has 1 fully saturated rings. The normalized spacial score (nSPS) is 31.5. The summed E-state index contributed by atoms with van der Waals surface area (Å²) in [6, 6.07) is 6.58. The Morgan fingerprint density at radius 1 is 1.47 bits per heavy atom. The lowest BCUT2D eigenvalue weighted by atomic mass is 9.85. The van der Waals surface area contributed by atoms with Crippen LogP contribution in [-0.2, 0) is 16.8 Å². The van der Waals surface area contributed by atoms with Gasteiger partial charge in [-0.3, -0.25) is 0 Å². The van der Waals surface area contributed by atoms with Crippen molar-refractivity contribution in [1.82, 2.24) is 0 Å². The second kappa shape index (κ2) is 4.00. The summed E-state index contributed by atoms with van der Waals surface area (Å²) in [6.45, 7) is 0.776. The third kappa shape index (κ3) is 1.74. The molecule has 1 aromatic rings. The van der Waals surface area contributed by atoms with Crippen molar-refractivity contribution in [2.24, 2.45) is 5.73 Å². The van der Waals surface area contributed by atoms with Gasteiger partial charge in [-0.05, 0) is 48.9 Å². The lowest BCUT2D eigenvalue weighted by Gasteiger charge is -2.37. The van der Waals surface area contributed by atoms with E-state index in [4.69, 9.17) is 15.2 Å². The first kappa shape index (κ1) is 11.1. The number of hydrogen-bond donors (Lipinski definition) is 1. The van der Waals surface area contributed by atoms with Crippen LogP contribution < -0.4 is 10.5 Å². The maximum absolute atomic E-state index is 6.11. The van der Waals surface area contributed by atoms with Crippen LogP contribution in [0.2, 0.25) is 0 Å². The molecule has 1 aromatic carbocycles. The third-order valence-corrected chi connectivity index (χ3v) is 4.06. The summed E-state index contributed by atoms with van der Waals surface area (Å²) < 4.78 is 11.4. The Hall–Kier alpha value is -1.06. The molecule has 17 heavy (non-hydrogen) atoms. The standard InChI is InChI=1S/C14H19NO2/c1-16-12-3-2-10-4-6-14(13(10)8-12)9-11(15)5-7-17-14/h2-3,8,11H,4-7,9,15H2,1H3. The minimum atomic E-state index is -0.137. The Morgan fingerprint density at radius 2 is 2.35 bits per heavy atom. The van der Waals surface area contributed by atoms with Crippen molar-refractivity contribution in [1.29, 1.82) is 0 Å². The number of fused-ring (bicyclic) bond motifs is 2. The predicted molar refractivity (Wildman–Crippen MR) is 66.2 cm³/mol. The summed E-state index contributed by atoms with van der Waals surface area (Å²) in [7, 11) is 1.71. The molecule has 1 saturated heterocycles. The minimum Gasteiger partial charge on any atom is -0.497 e. The molecule has 1 aliphatic heterocycles. The quantitative estimate of drug-likeness (QED) is 0.806.